The first-order valence-corrected chi connectivity index (χ1v) is 9.73. The van der Waals surface area contributed by atoms with E-state index in [9.17, 15) is 4.79 Å². The number of rotatable bonds is 5. The molecule has 0 aromatic carbocycles. The van der Waals surface area contributed by atoms with Crippen LogP contribution in [0.5, 0.6) is 0 Å². The largest absolute Gasteiger partial charge is 0.376 e. The van der Waals surface area contributed by atoms with E-state index in [0.717, 1.165) is 37.8 Å². The minimum absolute atomic E-state index is 0.0639. The van der Waals surface area contributed by atoms with Gasteiger partial charge in [-0.3, -0.25) is 14.4 Å². The molecule has 25 heavy (non-hydrogen) atoms. The molecule has 138 valence electrons. The van der Waals surface area contributed by atoms with Crippen LogP contribution in [0.3, 0.4) is 0 Å². The molecule has 0 spiro atoms. The zero-order valence-corrected chi connectivity index (χ0v) is 15.2. The third kappa shape index (κ3) is 5.25. The number of hydrogen-bond acceptors (Lipinski definition) is 4. The topological polar surface area (TPSA) is 52.8 Å². The molecule has 2 fully saturated rings. The average molecular weight is 346 g/mol. The molecule has 0 amide bonds. The monoisotopic (exact) mass is 346 g/mol. The molecule has 0 radical (unpaired) electrons. The van der Waals surface area contributed by atoms with Gasteiger partial charge in [0.05, 0.1) is 18.8 Å². The number of pyridine rings is 1. The highest BCUT2D eigenvalue weighted by Crippen LogP contribution is 2.19. The van der Waals surface area contributed by atoms with Crippen molar-refractivity contribution in [3.63, 3.8) is 0 Å². The second-order valence-electron chi connectivity index (χ2n) is 7.15. The van der Waals surface area contributed by atoms with E-state index in [-0.39, 0.29) is 12.0 Å². The molecule has 1 aliphatic carbocycles. The quantitative estimate of drug-likeness (QED) is 0.822. The first-order valence-electron chi connectivity index (χ1n) is 9.73. The van der Waals surface area contributed by atoms with Crippen LogP contribution >= 0.6 is 0 Å². The smallest absolute Gasteiger partial charge is 0.261 e. The first-order chi connectivity index (χ1) is 12.2. The van der Waals surface area contributed by atoms with E-state index in [4.69, 9.17) is 14.5 Å². The highest BCUT2D eigenvalue weighted by Gasteiger charge is 2.20. The van der Waals surface area contributed by atoms with Crippen LogP contribution in [0.2, 0.25) is 0 Å². The lowest BCUT2D eigenvalue weighted by atomic mass is 9.96. The molecule has 2 aliphatic rings. The highest BCUT2D eigenvalue weighted by atomic mass is 16.5. The third-order valence-electron chi connectivity index (χ3n) is 5.12. The second kappa shape index (κ2) is 9.30. The molecule has 1 aromatic rings. The van der Waals surface area contributed by atoms with Gasteiger partial charge >= 0.3 is 0 Å². The third-order valence-corrected chi connectivity index (χ3v) is 5.12. The van der Waals surface area contributed by atoms with Crippen LogP contribution in [0.25, 0.3) is 0 Å². The van der Waals surface area contributed by atoms with E-state index in [1.807, 2.05) is 25.1 Å². The van der Waals surface area contributed by atoms with Gasteiger partial charge in [-0.1, -0.05) is 25.3 Å². The Morgan fingerprint density at radius 1 is 1.24 bits per heavy atom. The van der Waals surface area contributed by atoms with Gasteiger partial charge < -0.3 is 9.47 Å². The summed E-state index contributed by atoms with van der Waals surface area (Å²) in [6.07, 6.45) is 10.7. The number of carbonyl (C=O) groups excluding carboxylic acids is 1. The normalized spacial score (nSPS) is 24.2. The second-order valence-corrected chi connectivity index (χ2v) is 7.15. The zero-order valence-electron chi connectivity index (χ0n) is 15.2. The molecule has 2 heterocycles. The summed E-state index contributed by atoms with van der Waals surface area (Å²) in [5.41, 5.74) is 0.740. The fraction of sp³-hybridized carbons (Fsp3) is 0.700. The highest BCUT2D eigenvalue weighted by molar-refractivity contribution is 5.82. The summed E-state index contributed by atoms with van der Waals surface area (Å²) < 4.78 is 13.1. The fourth-order valence-electron chi connectivity index (χ4n) is 3.58. The summed E-state index contributed by atoms with van der Waals surface area (Å²) in [6, 6.07) is 6.06. The summed E-state index contributed by atoms with van der Waals surface area (Å²) in [6.45, 7) is 3.10. The summed E-state index contributed by atoms with van der Waals surface area (Å²) in [5, 5.41) is 0. The molecular formula is C20H30N2O3. The Bertz CT molecular complexity index is 613. The van der Waals surface area contributed by atoms with E-state index in [2.05, 4.69) is 0 Å². The standard InChI is InChI=1S/C20H30N2O3/c1-16(25-15-18-11-6-8-14-24-18)20(23)22-13-7-5-12-19(22)21-17-9-3-2-4-10-17/h5,7,12-13,16-18H,2-4,6,8-11,14-15H2,1H3. The van der Waals surface area contributed by atoms with E-state index >= 15 is 0 Å². The van der Waals surface area contributed by atoms with Crippen molar-refractivity contribution in [1.29, 1.82) is 0 Å². The van der Waals surface area contributed by atoms with Crippen LogP contribution in [0.1, 0.15) is 63.1 Å². The van der Waals surface area contributed by atoms with Crippen molar-refractivity contribution in [2.75, 3.05) is 13.2 Å². The van der Waals surface area contributed by atoms with Crippen molar-refractivity contribution < 1.29 is 14.3 Å². The summed E-state index contributed by atoms with van der Waals surface area (Å²) in [5.74, 6) is -0.0639. The molecule has 1 aromatic heterocycles. The van der Waals surface area contributed by atoms with Gasteiger partial charge in [0, 0.05) is 12.8 Å². The lowest BCUT2D eigenvalue weighted by Gasteiger charge is -2.24. The summed E-state index contributed by atoms with van der Waals surface area (Å²) >= 11 is 0. The van der Waals surface area contributed by atoms with Crippen LogP contribution in [0.4, 0.5) is 0 Å². The summed E-state index contributed by atoms with van der Waals surface area (Å²) in [4.78, 5) is 17.7. The number of carbonyl (C=O) groups is 1. The molecule has 5 nitrogen and oxygen atoms in total. The zero-order chi connectivity index (χ0) is 17.5. The number of hydrogen-bond donors (Lipinski definition) is 0. The Balaban J connectivity index is 1.65. The van der Waals surface area contributed by atoms with E-state index in [1.54, 1.807) is 10.8 Å². The molecule has 2 atom stereocenters. The van der Waals surface area contributed by atoms with Gasteiger partial charge in [0.15, 0.2) is 0 Å². The van der Waals surface area contributed by atoms with Gasteiger partial charge in [0.2, 0.25) is 0 Å². The van der Waals surface area contributed by atoms with Gasteiger partial charge in [-0.05, 0) is 51.2 Å². The Morgan fingerprint density at radius 2 is 2.04 bits per heavy atom. The van der Waals surface area contributed by atoms with Gasteiger partial charge in [-0.15, -0.1) is 0 Å². The maximum Gasteiger partial charge on any atom is 0.261 e. The van der Waals surface area contributed by atoms with Crippen LogP contribution in [0.15, 0.2) is 29.4 Å². The lowest BCUT2D eigenvalue weighted by molar-refractivity contribution is -0.0541. The maximum atomic E-state index is 12.8. The van der Waals surface area contributed by atoms with E-state index < -0.39 is 6.10 Å². The predicted octanol–water partition coefficient (Wildman–Crippen LogP) is 3.34. The van der Waals surface area contributed by atoms with Crippen molar-refractivity contribution in [2.45, 2.75) is 76.5 Å². The Labute approximate surface area is 150 Å². The van der Waals surface area contributed by atoms with Gasteiger partial charge in [0.25, 0.3) is 5.91 Å². The average Bonchev–Trinajstić information content (AvgIpc) is 2.67. The Hall–Kier alpha value is -1.46. The predicted molar refractivity (Wildman–Crippen MR) is 96.5 cm³/mol. The van der Waals surface area contributed by atoms with E-state index in [0.29, 0.717) is 12.6 Å². The minimum Gasteiger partial charge on any atom is -0.376 e. The fourth-order valence-corrected chi connectivity index (χ4v) is 3.58. The van der Waals surface area contributed by atoms with Crippen molar-refractivity contribution in [1.82, 2.24) is 4.57 Å². The van der Waals surface area contributed by atoms with Gasteiger partial charge in [-0.25, -0.2) is 0 Å². The minimum atomic E-state index is -0.502. The van der Waals surface area contributed by atoms with Crippen LogP contribution < -0.4 is 5.49 Å². The molecular weight excluding hydrogens is 316 g/mol. The molecule has 1 saturated carbocycles. The molecule has 1 aliphatic heterocycles. The number of nitrogens with zero attached hydrogens (tertiary/aromatic N) is 2. The molecule has 3 rings (SSSR count). The van der Waals surface area contributed by atoms with Crippen molar-refractivity contribution >= 4 is 5.91 Å². The van der Waals surface area contributed by atoms with Gasteiger partial charge in [0.1, 0.15) is 11.6 Å². The van der Waals surface area contributed by atoms with Crippen LogP contribution in [-0.4, -0.2) is 41.9 Å². The van der Waals surface area contributed by atoms with E-state index in [1.165, 1.54) is 25.7 Å². The summed E-state index contributed by atoms with van der Waals surface area (Å²) in [7, 11) is 0. The molecule has 1 saturated heterocycles. The first kappa shape index (κ1) is 18.3. The molecule has 5 heteroatoms. The Morgan fingerprint density at radius 3 is 2.80 bits per heavy atom. The maximum absolute atomic E-state index is 12.8. The number of aromatic nitrogens is 1. The molecule has 0 bridgehead atoms. The lowest BCUT2D eigenvalue weighted by Crippen LogP contribution is -2.37. The Kier molecular flexibility index (Phi) is 6.82. The van der Waals surface area contributed by atoms with Gasteiger partial charge in [-0.2, -0.15) is 0 Å². The SMILES string of the molecule is CC(OCC1CCCCO1)C(=O)n1ccccc1=NC1CCCCC1. The van der Waals surface area contributed by atoms with Crippen molar-refractivity contribution in [2.24, 2.45) is 4.99 Å². The van der Waals surface area contributed by atoms with Crippen LogP contribution in [-0.2, 0) is 9.47 Å². The van der Waals surface area contributed by atoms with Crippen molar-refractivity contribution in [3.8, 4) is 0 Å². The number of ether oxygens (including phenoxy) is 2. The van der Waals surface area contributed by atoms with Crippen molar-refractivity contribution in [3.05, 3.63) is 29.9 Å². The molecule has 2 unspecified atom stereocenters. The van der Waals surface area contributed by atoms with Crippen LogP contribution in [0, 0.1) is 0 Å². The molecule has 0 N–H and O–H groups in total.